The second-order valence-corrected chi connectivity index (χ2v) is 12.2. The van der Waals surface area contributed by atoms with Gasteiger partial charge in [0.25, 0.3) is 5.91 Å². The summed E-state index contributed by atoms with van der Waals surface area (Å²) < 4.78 is 35.7. The van der Waals surface area contributed by atoms with Crippen molar-refractivity contribution in [2.75, 3.05) is 19.3 Å². The van der Waals surface area contributed by atoms with Crippen molar-refractivity contribution in [3.63, 3.8) is 0 Å². The molecule has 39 heavy (non-hydrogen) atoms. The Kier molecular flexibility index (Phi) is 9.33. The molecule has 3 N–H and O–H groups in total. The minimum absolute atomic E-state index is 0.0136. The summed E-state index contributed by atoms with van der Waals surface area (Å²) in [6, 6.07) is 13.3. The molecule has 12 heteroatoms. The number of rotatable bonds is 5. The lowest BCUT2D eigenvalue weighted by Crippen LogP contribution is -2.41. The number of hydrogen-bond donors (Lipinski definition) is 2. The van der Waals surface area contributed by atoms with Gasteiger partial charge in [-0.2, -0.15) is 0 Å². The maximum absolute atomic E-state index is 12.7. The summed E-state index contributed by atoms with van der Waals surface area (Å²) in [6.07, 6.45) is 0.763. The fraction of sp³-hybridized carbons (Fsp3) is 0.407. The average molecular weight is 559 g/mol. The van der Waals surface area contributed by atoms with E-state index in [2.05, 4.69) is 10.3 Å². The maximum Gasteiger partial charge on any atom is 0.437 e. The normalized spacial score (nSPS) is 15.0. The van der Waals surface area contributed by atoms with Gasteiger partial charge in [0.05, 0.1) is 4.90 Å². The zero-order chi connectivity index (χ0) is 28.8. The summed E-state index contributed by atoms with van der Waals surface area (Å²) in [6.45, 7) is 6.21. The lowest BCUT2D eigenvalue weighted by molar-refractivity contribution is 0.0204. The molecule has 3 amide bonds. The van der Waals surface area contributed by atoms with Crippen LogP contribution in [-0.2, 0) is 25.9 Å². The highest BCUT2D eigenvalue weighted by Gasteiger charge is 2.30. The van der Waals surface area contributed by atoms with E-state index in [1.54, 1.807) is 56.0 Å². The van der Waals surface area contributed by atoms with Crippen molar-refractivity contribution < 1.29 is 32.3 Å². The zero-order valence-electron chi connectivity index (χ0n) is 22.5. The van der Waals surface area contributed by atoms with E-state index in [0.29, 0.717) is 31.5 Å². The first kappa shape index (κ1) is 29.6. The number of guanidine groups is 1. The quantitative estimate of drug-likeness (QED) is 0.416. The van der Waals surface area contributed by atoms with E-state index in [-0.39, 0.29) is 23.0 Å². The van der Waals surface area contributed by atoms with Crippen LogP contribution in [0, 0.1) is 0 Å². The molecule has 3 rings (SSSR count). The topological polar surface area (TPSA) is 157 Å². The Morgan fingerprint density at radius 2 is 1.72 bits per heavy atom. The second-order valence-electron chi connectivity index (χ2n) is 10.3. The molecule has 0 aliphatic carbocycles. The molecule has 0 aromatic heterocycles. The van der Waals surface area contributed by atoms with E-state index in [1.165, 1.54) is 12.1 Å². The summed E-state index contributed by atoms with van der Waals surface area (Å²) in [5.41, 5.74) is 6.44. The number of nitrogens with one attached hydrogen (secondary N) is 1. The van der Waals surface area contributed by atoms with Crippen molar-refractivity contribution in [3.8, 4) is 0 Å². The van der Waals surface area contributed by atoms with Crippen LogP contribution >= 0.6 is 0 Å². The number of likely N-dealkylation sites (tertiary alicyclic amines) is 1. The van der Waals surface area contributed by atoms with E-state index >= 15 is 0 Å². The van der Waals surface area contributed by atoms with E-state index < -0.39 is 39.5 Å². The van der Waals surface area contributed by atoms with Crippen molar-refractivity contribution in [2.45, 2.75) is 56.6 Å². The second kappa shape index (κ2) is 12.3. The molecule has 2 aromatic carbocycles. The highest BCUT2D eigenvalue weighted by molar-refractivity contribution is 7.90. The predicted molar refractivity (Wildman–Crippen MR) is 145 cm³/mol. The fourth-order valence-electron chi connectivity index (χ4n) is 4.10. The Morgan fingerprint density at radius 3 is 2.31 bits per heavy atom. The molecule has 1 heterocycles. The Hall–Kier alpha value is -3.93. The number of sulfone groups is 1. The minimum Gasteiger partial charge on any atom is -0.444 e. The van der Waals surface area contributed by atoms with Crippen LogP contribution in [-0.4, -0.2) is 62.3 Å². The monoisotopic (exact) mass is 558 g/mol. The van der Waals surface area contributed by atoms with Crippen LogP contribution in [0.1, 0.15) is 61.0 Å². The first-order valence-electron chi connectivity index (χ1n) is 12.4. The average Bonchev–Trinajstić information content (AvgIpc) is 2.86. The summed E-state index contributed by atoms with van der Waals surface area (Å²) in [5.74, 6) is -1.35. The van der Waals surface area contributed by atoms with Gasteiger partial charge >= 0.3 is 12.2 Å². The number of piperidine rings is 1. The van der Waals surface area contributed by atoms with Crippen LogP contribution in [0.2, 0.25) is 0 Å². The molecule has 1 aliphatic heterocycles. The molecule has 0 radical (unpaired) electrons. The van der Waals surface area contributed by atoms with Crippen LogP contribution in [0.25, 0.3) is 0 Å². The molecule has 210 valence electrons. The van der Waals surface area contributed by atoms with E-state index in [9.17, 15) is 22.8 Å². The van der Waals surface area contributed by atoms with Crippen LogP contribution in [0.15, 0.2) is 58.4 Å². The third kappa shape index (κ3) is 8.81. The number of benzene rings is 2. The predicted octanol–water partition coefficient (Wildman–Crippen LogP) is 3.59. The molecule has 0 spiro atoms. The summed E-state index contributed by atoms with van der Waals surface area (Å²) in [5, 5.41) is 2.27. The molecular weight excluding hydrogens is 524 g/mol. The van der Waals surface area contributed by atoms with Gasteiger partial charge in [-0.15, -0.1) is 4.99 Å². The molecule has 1 fully saturated rings. The van der Waals surface area contributed by atoms with Crippen molar-refractivity contribution in [1.82, 2.24) is 10.2 Å². The molecule has 11 nitrogen and oxygen atoms in total. The Bertz CT molecular complexity index is 1340. The Balaban J connectivity index is 1.67. The van der Waals surface area contributed by atoms with E-state index in [0.717, 1.165) is 11.8 Å². The first-order valence-corrected chi connectivity index (χ1v) is 14.3. The number of hydrogen-bond acceptors (Lipinski definition) is 7. The van der Waals surface area contributed by atoms with Gasteiger partial charge in [-0.3, -0.25) is 10.1 Å². The number of ether oxygens (including phenoxy) is 2. The van der Waals surface area contributed by atoms with Gasteiger partial charge in [-0.05, 0) is 62.8 Å². The number of nitrogens with zero attached hydrogens (tertiary/aromatic N) is 2. The van der Waals surface area contributed by atoms with Crippen LogP contribution in [0.3, 0.4) is 0 Å². The van der Waals surface area contributed by atoms with Crippen molar-refractivity contribution in [3.05, 3.63) is 65.2 Å². The molecule has 0 saturated carbocycles. The van der Waals surface area contributed by atoms with Gasteiger partial charge in [0.2, 0.25) is 5.96 Å². The molecule has 2 aromatic rings. The molecule has 1 saturated heterocycles. The van der Waals surface area contributed by atoms with Gasteiger partial charge in [0.1, 0.15) is 12.2 Å². The third-order valence-electron chi connectivity index (χ3n) is 5.92. The van der Waals surface area contributed by atoms with Gasteiger partial charge in [0, 0.05) is 24.9 Å². The van der Waals surface area contributed by atoms with Crippen LogP contribution < -0.4 is 11.1 Å². The van der Waals surface area contributed by atoms with E-state index in [1.807, 2.05) is 6.07 Å². The van der Waals surface area contributed by atoms with Crippen LogP contribution in [0.5, 0.6) is 0 Å². The first-order chi connectivity index (χ1) is 18.2. The lowest BCUT2D eigenvalue weighted by Gasteiger charge is -2.34. The minimum atomic E-state index is -3.69. The third-order valence-corrected chi connectivity index (χ3v) is 7.07. The summed E-state index contributed by atoms with van der Waals surface area (Å²) in [7, 11) is -3.69. The van der Waals surface area contributed by atoms with Crippen molar-refractivity contribution in [2.24, 2.45) is 10.7 Å². The van der Waals surface area contributed by atoms with Gasteiger partial charge < -0.3 is 20.1 Å². The fourth-order valence-corrected chi connectivity index (χ4v) is 5.10. The molecule has 0 bridgehead atoms. The Morgan fingerprint density at radius 1 is 1.08 bits per heavy atom. The number of carbonyl (C=O) groups excluding carboxylic acids is 3. The highest BCUT2D eigenvalue weighted by atomic mass is 32.2. The van der Waals surface area contributed by atoms with Crippen molar-refractivity contribution >= 4 is 33.9 Å². The summed E-state index contributed by atoms with van der Waals surface area (Å²) in [4.78, 5) is 42.2. The molecule has 1 aliphatic rings. The Labute approximate surface area is 228 Å². The largest absolute Gasteiger partial charge is 0.444 e. The van der Waals surface area contributed by atoms with E-state index in [4.69, 9.17) is 15.2 Å². The highest BCUT2D eigenvalue weighted by Crippen LogP contribution is 2.33. The smallest absolute Gasteiger partial charge is 0.437 e. The molecule has 0 atom stereocenters. The maximum atomic E-state index is 12.7. The zero-order valence-corrected chi connectivity index (χ0v) is 23.3. The van der Waals surface area contributed by atoms with Crippen molar-refractivity contribution in [1.29, 1.82) is 0 Å². The molecule has 0 unspecified atom stereocenters. The number of carbonyl (C=O) groups is 3. The lowest BCUT2D eigenvalue weighted by atomic mass is 9.89. The van der Waals surface area contributed by atoms with Gasteiger partial charge in [-0.1, -0.05) is 36.4 Å². The number of nitrogens with two attached hydrogens (primary N) is 1. The van der Waals surface area contributed by atoms with Gasteiger partial charge in [-0.25, -0.2) is 18.0 Å². The SMILES string of the molecule is CC(C)(C)OC(=O)N1CCC(c2ccc(C(=O)N/C(N)=N\C(=O)OCc3ccccc3)cc2S(C)(=O)=O)CC1. The summed E-state index contributed by atoms with van der Waals surface area (Å²) >= 11 is 0. The number of amides is 3. The van der Waals surface area contributed by atoms with Crippen LogP contribution in [0.4, 0.5) is 9.59 Å². The molecular formula is C27H34N4O7S. The van der Waals surface area contributed by atoms with Gasteiger partial charge in [0.15, 0.2) is 9.84 Å². The number of aliphatic imine (C=N–C) groups is 1. The standard InChI is InChI=1S/C27H34N4O7S/c1-27(2,3)38-26(34)31-14-12-19(13-15-31)21-11-10-20(16-22(21)39(4,35)36)23(32)29-24(28)30-25(33)37-17-18-8-6-5-7-9-18/h5-11,16,19H,12-15,17H2,1-4H3,(H3,28,29,30,32,33).